The highest BCUT2D eigenvalue weighted by atomic mass is 35.5. The Morgan fingerprint density at radius 1 is 1.17 bits per heavy atom. The molecule has 1 aliphatic heterocycles. The zero-order valence-electron chi connectivity index (χ0n) is 16.5. The first-order valence-corrected chi connectivity index (χ1v) is 9.78. The molecule has 0 fully saturated rings. The average Bonchev–Trinajstić information content (AvgIpc) is 2.99. The Labute approximate surface area is 173 Å². The van der Waals surface area contributed by atoms with Crippen molar-refractivity contribution in [2.24, 2.45) is 0 Å². The molecule has 0 bridgehead atoms. The maximum Gasteiger partial charge on any atom is 0.291 e. The third-order valence-electron chi connectivity index (χ3n) is 5.19. The summed E-state index contributed by atoms with van der Waals surface area (Å²) in [5.74, 6) is 0.490. The summed E-state index contributed by atoms with van der Waals surface area (Å²) in [7, 11) is 5.63. The van der Waals surface area contributed by atoms with Crippen LogP contribution in [-0.2, 0) is 0 Å². The fraction of sp³-hybridized carbons (Fsp3) is 0.273. The van der Waals surface area contributed by atoms with Crippen LogP contribution < -0.4 is 15.1 Å². The van der Waals surface area contributed by atoms with Crippen molar-refractivity contribution in [2.45, 2.75) is 6.04 Å². The molecule has 0 spiro atoms. The van der Waals surface area contributed by atoms with Crippen LogP contribution in [0.3, 0.4) is 0 Å². The number of methoxy groups -OCH3 is 1. The van der Waals surface area contributed by atoms with E-state index >= 15 is 0 Å². The number of likely N-dealkylation sites (N-methyl/N-ethyl adjacent to an activating group) is 1. The summed E-state index contributed by atoms with van der Waals surface area (Å²) in [4.78, 5) is 29.6. The van der Waals surface area contributed by atoms with Gasteiger partial charge in [0, 0.05) is 5.02 Å². The number of rotatable bonds is 5. The number of carbonyl (C=O) groups excluding carboxylic acids is 1. The van der Waals surface area contributed by atoms with Crippen molar-refractivity contribution in [3.05, 3.63) is 74.6 Å². The molecule has 1 aliphatic rings. The van der Waals surface area contributed by atoms with Crippen LogP contribution in [0.1, 0.15) is 27.7 Å². The van der Waals surface area contributed by atoms with Gasteiger partial charge in [0.05, 0.1) is 51.3 Å². The third kappa shape index (κ3) is 3.39. The van der Waals surface area contributed by atoms with E-state index in [0.29, 0.717) is 33.8 Å². The van der Waals surface area contributed by atoms with E-state index in [9.17, 15) is 9.59 Å². The van der Waals surface area contributed by atoms with Crippen LogP contribution in [0.5, 0.6) is 5.75 Å². The number of amides is 1. The van der Waals surface area contributed by atoms with Gasteiger partial charge < -0.3 is 19.0 Å². The Bertz CT molecular complexity index is 1160. The first-order chi connectivity index (χ1) is 13.9. The largest absolute Gasteiger partial charge is 0.497 e. The van der Waals surface area contributed by atoms with E-state index in [-0.39, 0.29) is 17.1 Å². The maximum absolute atomic E-state index is 13.4. The topological polar surface area (TPSA) is 64.2 Å². The van der Waals surface area contributed by atoms with Crippen LogP contribution in [0, 0.1) is 0 Å². The molecule has 1 amide bonds. The lowest BCUT2D eigenvalue weighted by atomic mass is 9.98. The molecule has 4 rings (SSSR count). The molecule has 150 valence electrons. The van der Waals surface area contributed by atoms with Crippen molar-refractivity contribution < 1.29 is 18.8 Å². The van der Waals surface area contributed by atoms with Gasteiger partial charge in [-0.15, -0.1) is 0 Å². The Morgan fingerprint density at radius 3 is 2.69 bits per heavy atom. The van der Waals surface area contributed by atoms with Crippen molar-refractivity contribution in [1.29, 1.82) is 0 Å². The van der Waals surface area contributed by atoms with Gasteiger partial charge in [-0.05, 0) is 35.9 Å². The summed E-state index contributed by atoms with van der Waals surface area (Å²) in [6.45, 7) is 1.23. The highest BCUT2D eigenvalue weighted by Crippen LogP contribution is 2.38. The van der Waals surface area contributed by atoms with Gasteiger partial charge >= 0.3 is 0 Å². The zero-order valence-corrected chi connectivity index (χ0v) is 17.2. The van der Waals surface area contributed by atoms with E-state index in [4.69, 9.17) is 20.8 Å². The molecular weight excluding hydrogens is 392 g/mol. The molecule has 1 atom stereocenters. The molecule has 0 saturated heterocycles. The smallest absolute Gasteiger partial charge is 0.291 e. The molecule has 1 N–H and O–H groups in total. The van der Waals surface area contributed by atoms with Crippen molar-refractivity contribution >= 4 is 28.5 Å². The monoisotopic (exact) mass is 413 g/mol. The van der Waals surface area contributed by atoms with Gasteiger partial charge in [-0.2, -0.15) is 0 Å². The van der Waals surface area contributed by atoms with Gasteiger partial charge in [0.2, 0.25) is 5.76 Å². The summed E-state index contributed by atoms with van der Waals surface area (Å²) in [5, 5.41) is 0.817. The summed E-state index contributed by atoms with van der Waals surface area (Å²) in [6, 6.07) is 11.8. The molecule has 6 nitrogen and oxygen atoms in total. The van der Waals surface area contributed by atoms with Gasteiger partial charge in [-0.25, -0.2) is 0 Å². The fourth-order valence-electron chi connectivity index (χ4n) is 3.73. The Kier molecular flexibility index (Phi) is 5.06. The summed E-state index contributed by atoms with van der Waals surface area (Å²) >= 11 is 6.10. The molecule has 2 aromatic carbocycles. The Hall–Kier alpha value is -2.83. The number of benzene rings is 2. The molecule has 0 radical (unpaired) electrons. The number of quaternary nitrogens is 1. The van der Waals surface area contributed by atoms with Crippen molar-refractivity contribution in [1.82, 2.24) is 4.90 Å². The normalized spacial score (nSPS) is 16.0. The number of nitrogens with one attached hydrogen (secondary N) is 1. The fourth-order valence-corrected chi connectivity index (χ4v) is 3.90. The van der Waals surface area contributed by atoms with Crippen molar-refractivity contribution in [3.8, 4) is 5.75 Å². The molecule has 0 unspecified atom stereocenters. The van der Waals surface area contributed by atoms with Crippen LogP contribution in [0.15, 0.2) is 51.7 Å². The molecule has 7 heteroatoms. The second-order valence-corrected chi connectivity index (χ2v) is 7.89. The molecular formula is C22H22ClN2O4+. The predicted molar refractivity (Wildman–Crippen MR) is 111 cm³/mol. The number of halogens is 1. The average molecular weight is 414 g/mol. The first kappa shape index (κ1) is 19.5. The van der Waals surface area contributed by atoms with E-state index in [1.54, 1.807) is 30.2 Å². The Morgan fingerprint density at radius 2 is 1.97 bits per heavy atom. The molecule has 2 heterocycles. The zero-order chi connectivity index (χ0) is 20.7. The lowest BCUT2D eigenvalue weighted by molar-refractivity contribution is -0.857. The second-order valence-electron chi connectivity index (χ2n) is 7.45. The van der Waals surface area contributed by atoms with Gasteiger partial charge in [0.25, 0.3) is 5.91 Å². The minimum atomic E-state index is -0.536. The lowest BCUT2D eigenvalue weighted by Crippen LogP contribution is -3.06. The SMILES string of the molecule is COc1cccc([C@H]2c3c(oc4ccc(Cl)cc4c3=O)C(=O)N2CC[NH+](C)C)c1. The quantitative estimate of drug-likeness (QED) is 0.696. The number of carbonyl (C=O) groups is 1. The van der Waals surface area contributed by atoms with Gasteiger partial charge in [-0.1, -0.05) is 23.7 Å². The highest BCUT2D eigenvalue weighted by molar-refractivity contribution is 6.31. The maximum atomic E-state index is 13.4. The molecule has 0 aliphatic carbocycles. The molecule has 29 heavy (non-hydrogen) atoms. The van der Waals surface area contributed by atoms with E-state index in [2.05, 4.69) is 0 Å². The molecule has 3 aromatic rings. The van der Waals surface area contributed by atoms with Crippen LogP contribution in [0.25, 0.3) is 11.0 Å². The van der Waals surface area contributed by atoms with Crippen molar-refractivity contribution in [3.63, 3.8) is 0 Å². The van der Waals surface area contributed by atoms with E-state index in [0.717, 1.165) is 12.1 Å². The number of hydrogen-bond donors (Lipinski definition) is 1. The van der Waals surface area contributed by atoms with Crippen LogP contribution in [-0.4, -0.2) is 45.1 Å². The lowest BCUT2D eigenvalue weighted by Gasteiger charge is -2.25. The van der Waals surface area contributed by atoms with E-state index in [1.807, 2.05) is 38.4 Å². The van der Waals surface area contributed by atoms with Crippen LogP contribution >= 0.6 is 11.6 Å². The summed E-state index contributed by atoms with van der Waals surface area (Å²) in [6.07, 6.45) is 0. The van der Waals surface area contributed by atoms with Crippen LogP contribution in [0.4, 0.5) is 0 Å². The number of fused-ring (bicyclic) bond motifs is 2. The summed E-state index contributed by atoms with van der Waals surface area (Å²) in [5.41, 5.74) is 1.28. The first-order valence-electron chi connectivity index (χ1n) is 9.41. The van der Waals surface area contributed by atoms with E-state index < -0.39 is 6.04 Å². The van der Waals surface area contributed by atoms with Gasteiger partial charge in [-0.3, -0.25) is 9.59 Å². The molecule has 0 saturated carbocycles. The van der Waals surface area contributed by atoms with Gasteiger partial charge in [0.15, 0.2) is 5.43 Å². The number of ether oxygens (including phenoxy) is 1. The summed E-state index contributed by atoms with van der Waals surface area (Å²) < 4.78 is 11.3. The standard InChI is InChI=1S/C22H21ClN2O4/c1-24(2)9-10-25-19(13-5-4-6-15(11-13)28-3)18-20(26)16-12-14(23)7-8-17(16)29-21(18)22(25)27/h4-8,11-12,19H,9-10H2,1-3H3/p+1/t19-/m0/s1. The highest BCUT2D eigenvalue weighted by Gasteiger charge is 2.43. The number of nitrogens with zero attached hydrogens (tertiary/aromatic N) is 1. The van der Waals surface area contributed by atoms with Crippen molar-refractivity contribution in [2.75, 3.05) is 34.3 Å². The van der Waals surface area contributed by atoms with Gasteiger partial charge in [0.1, 0.15) is 11.3 Å². The van der Waals surface area contributed by atoms with E-state index in [1.165, 1.54) is 4.90 Å². The predicted octanol–water partition coefficient (Wildman–Crippen LogP) is 2.14. The minimum absolute atomic E-state index is 0.103. The molecule has 1 aromatic heterocycles. The Balaban J connectivity index is 1.95. The van der Waals surface area contributed by atoms with Crippen LogP contribution in [0.2, 0.25) is 5.02 Å². The minimum Gasteiger partial charge on any atom is -0.497 e. The number of hydrogen-bond acceptors (Lipinski definition) is 4. The third-order valence-corrected chi connectivity index (χ3v) is 5.43. The second kappa shape index (κ2) is 7.54.